The Balaban J connectivity index is 1.55. The molecule has 0 bridgehead atoms. The predicted octanol–water partition coefficient (Wildman–Crippen LogP) is 3.61. The van der Waals surface area contributed by atoms with Crippen LogP contribution in [0.1, 0.15) is 31.1 Å². The Morgan fingerprint density at radius 1 is 1.15 bits per heavy atom. The number of nitrogens with zero attached hydrogens (tertiary/aromatic N) is 4. The Hall–Kier alpha value is -2.09. The zero-order valence-corrected chi connectivity index (χ0v) is 15.0. The molecule has 5 nitrogen and oxygen atoms in total. The summed E-state index contributed by atoms with van der Waals surface area (Å²) in [7, 11) is 0. The van der Waals surface area contributed by atoms with Gasteiger partial charge < -0.3 is 9.42 Å². The first-order valence-electron chi connectivity index (χ1n) is 8.77. The normalized spacial score (nSPS) is 16.5. The summed E-state index contributed by atoms with van der Waals surface area (Å²) < 4.78 is 43.9. The van der Waals surface area contributed by atoms with Gasteiger partial charge in [-0.2, -0.15) is 18.2 Å². The fourth-order valence-electron chi connectivity index (χ4n) is 3.03. The van der Waals surface area contributed by atoms with E-state index in [1.807, 2.05) is 4.90 Å². The van der Waals surface area contributed by atoms with Gasteiger partial charge in [0.15, 0.2) is 5.82 Å². The molecule has 0 spiro atoms. The standard InChI is InChI=1S/C18H23F3N4O/c1-13(2)10-17-22-16(23-26-17)12-24-6-8-25(9-7-24)15-5-3-4-14(11-15)18(19,20)21/h3-5,11,13H,6-10,12H2,1-2H3. The van der Waals surface area contributed by atoms with Crippen LogP contribution in [0.4, 0.5) is 18.9 Å². The molecule has 0 unspecified atom stereocenters. The van der Waals surface area contributed by atoms with Crippen LogP contribution in [0.2, 0.25) is 0 Å². The van der Waals surface area contributed by atoms with Crippen molar-refractivity contribution in [3.8, 4) is 0 Å². The van der Waals surface area contributed by atoms with Crippen LogP contribution in [0.25, 0.3) is 0 Å². The first-order chi connectivity index (χ1) is 12.3. The van der Waals surface area contributed by atoms with Gasteiger partial charge in [-0.1, -0.05) is 25.1 Å². The van der Waals surface area contributed by atoms with E-state index in [-0.39, 0.29) is 0 Å². The molecule has 3 rings (SSSR count). The van der Waals surface area contributed by atoms with Gasteiger partial charge >= 0.3 is 6.18 Å². The lowest BCUT2D eigenvalue weighted by atomic mass is 10.1. The second-order valence-corrected chi connectivity index (χ2v) is 7.01. The molecule has 1 aromatic heterocycles. The van der Waals surface area contributed by atoms with Gasteiger partial charge in [0.2, 0.25) is 5.89 Å². The Morgan fingerprint density at radius 2 is 1.88 bits per heavy atom. The van der Waals surface area contributed by atoms with E-state index in [0.29, 0.717) is 43.0 Å². The summed E-state index contributed by atoms with van der Waals surface area (Å²) in [6, 6.07) is 5.50. The number of piperazine rings is 1. The van der Waals surface area contributed by atoms with Crippen LogP contribution in [0.15, 0.2) is 28.8 Å². The Labute approximate surface area is 150 Å². The highest BCUT2D eigenvalue weighted by molar-refractivity contribution is 5.49. The number of hydrogen-bond donors (Lipinski definition) is 0. The maximum atomic E-state index is 12.9. The summed E-state index contributed by atoms with van der Waals surface area (Å²) in [5, 5.41) is 4.01. The molecule has 0 aliphatic carbocycles. The summed E-state index contributed by atoms with van der Waals surface area (Å²) in [5.41, 5.74) is 0.000152. The number of benzene rings is 1. The van der Waals surface area contributed by atoms with Crippen LogP contribution in [0.3, 0.4) is 0 Å². The molecule has 8 heteroatoms. The first kappa shape index (κ1) is 18.7. The highest BCUT2D eigenvalue weighted by Gasteiger charge is 2.31. The van der Waals surface area contributed by atoms with Crippen LogP contribution in [0.5, 0.6) is 0 Å². The van der Waals surface area contributed by atoms with Gasteiger partial charge in [0.05, 0.1) is 12.1 Å². The average molecular weight is 368 g/mol. The molecule has 0 atom stereocenters. The molecular weight excluding hydrogens is 345 g/mol. The van der Waals surface area contributed by atoms with Crippen molar-refractivity contribution in [1.29, 1.82) is 0 Å². The molecule has 142 valence electrons. The van der Waals surface area contributed by atoms with E-state index in [2.05, 4.69) is 28.9 Å². The van der Waals surface area contributed by atoms with E-state index >= 15 is 0 Å². The monoisotopic (exact) mass is 368 g/mol. The average Bonchev–Trinajstić information content (AvgIpc) is 3.01. The van der Waals surface area contributed by atoms with E-state index in [4.69, 9.17) is 4.52 Å². The summed E-state index contributed by atoms with van der Waals surface area (Å²) in [4.78, 5) is 8.57. The predicted molar refractivity (Wildman–Crippen MR) is 91.8 cm³/mol. The maximum absolute atomic E-state index is 12.9. The van der Waals surface area contributed by atoms with Gasteiger partial charge in [0.1, 0.15) is 0 Å². The molecule has 1 fully saturated rings. The van der Waals surface area contributed by atoms with Crippen molar-refractivity contribution >= 4 is 5.69 Å². The minimum atomic E-state index is -4.32. The number of aromatic nitrogens is 2. The molecule has 26 heavy (non-hydrogen) atoms. The lowest BCUT2D eigenvalue weighted by molar-refractivity contribution is -0.137. The van der Waals surface area contributed by atoms with E-state index in [0.717, 1.165) is 25.6 Å². The molecule has 2 aromatic rings. The quantitative estimate of drug-likeness (QED) is 0.807. The molecule has 2 heterocycles. The highest BCUT2D eigenvalue weighted by atomic mass is 19.4. The van der Waals surface area contributed by atoms with Crippen molar-refractivity contribution in [3.63, 3.8) is 0 Å². The highest BCUT2D eigenvalue weighted by Crippen LogP contribution is 2.31. The van der Waals surface area contributed by atoms with Gasteiger partial charge in [-0.3, -0.25) is 4.90 Å². The van der Waals surface area contributed by atoms with Crippen LogP contribution in [-0.4, -0.2) is 41.2 Å². The Bertz CT molecular complexity index is 721. The van der Waals surface area contributed by atoms with E-state index < -0.39 is 11.7 Å². The molecule has 0 radical (unpaired) electrons. The van der Waals surface area contributed by atoms with Crippen molar-refractivity contribution in [2.45, 2.75) is 33.0 Å². The molecular formula is C18H23F3N4O. The Kier molecular flexibility index (Phi) is 5.50. The third kappa shape index (κ3) is 4.75. The number of alkyl halides is 3. The molecule has 1 aromatic carbocycles. The summed E-state index contributed by atoms with van der Waals surface area (Å²) in [6.07, 6.45) is -3.56. The summed E-state index contributed by atoms with van der Waals surface area (Å²) in [6.45, 7) is 7.59. The fourth-order valence-corrected chi connectivity index (χ4v) is 3.03. The van der Waals surface area contributed by atoms with Crippen molar-refractivity contribution in [1.82, 2.24) is 15.0 Å². The summed E-state index contributed by atoms with van der Waals surface area (Å²) in [5.74, 6) is 1.77. The Morgan fingerprint density at radius 3 is 2.54 bits per heavy atom. The van der Waals surface area contributed by atoms with Crippen molar-refractivity contribution < 1.29 is 17.7 Å². The number of rotatable bonds is 5. The van der Waals surface area contributed by atoms with Crippen LogP contribution < -0.4 is 4.90 Å². The van der Waals surface area contributed by atoms with Crippen LogP contribution in [0, 0.1) is 5.92 Å². The van der Waals surface area contributed by atoms with Gasteiger partial charge in [-0.15, -0.1) is 0 Å². The maximum Gasteiger partial charge on any atom is 0.416 e. The van der Waals surface area contributed by atoms with Crippen LogP contribution in [-0.2, 0) is 19.1 Å². The number of halogens is 3. The SMILES string of the molecule is CC(C)Cc1nc(CN2CCN(c3cccc(C(F)(F)F)c3)CC2)no1. The minimum absolute atomic E-state index is 0.458. The number of anilines is 1. The lowest BCUT2D eigenvalue weighted by Crippen LogP contribution is -2.46. The topological polar surface area (TPSA) is 45.4 Å². The molecule has 1 aliphatic rings. The van der Waals surface area contributed by atoms with Crippen molar-refractivity contribution in [2.75, 3.05) is 31.1 Å². The zero-order valence-electron chi connectivity index (χ0n) is 15.0. The van der Waals surface area contributed by atoms with Gasteiger partial charge in [0, 0.05) is 38.3 Å². The zero-order chi connectivity index (χ0) is 18.7. The fraction of sp³-hybridized carbons (Fsp3) is 0.556. The first-order valence-corrected chi connectivity index (χ1v) is 8.77. The summed E-state index contributed by atoms with van der Waals surface area (Å²) >= 11 is 0. The molecule has 0 N–H and O–H groups in total. The molecule has 0 saturated carbocycles. The second kappa shape index (κ2) is 7.65. The largest absolute Gasteiger partial charge is 0.416 e. The molecule has 0 amide bonds. The second-order valence-electron chi connectivity index (χ2n) is 7.01. The van der Waals surface area contributed by atoms with Crippen LogP contribution >= 0.6 is 0 Å². The van der Waals surface area contributed by atoms with Gasteiger partial charge in [-0.25, -0.2) is 0 Å². The lowest BCUT2D eigenvalue weighted by Gasteiger charge is -2.35. The molecule has 1 saturated heterocycles. The van der Waals surface area contributed by atoms with Gasteiger partial charge in [0.25, 0.3) is 0 Å². The molecule has 1 aliphatic heterocycles. The van der Waals surface area contributed by atoms with Gasteiger partial charge in [-0.05, 0) is 24.1 Å². The smallest absolute Gasteiger partial charge is 0.369 e. The third-order valence-electron chi connectivity index (χ3n) is 4.37. The van der Waals surface area contributed by atoms with E-state index in [1.54, 1.807) is 6.07 Å². The van der Waals surface area contributed by atoms with Crippen molar-refractivity contribution in [3.05, 3.63) is 41.5 Å². The number of hydrogen-bond acceptors (Lipinski definition) is 5. The third-order valence-corrected chi connectivity index (χ3v) is 4.37. The van der Waals surface area contributed by atoms with E-state index in [9.17, 15) is 13.2 Å². The minimum Gasteiger partial charge on any atom is -0.369 e. The van der Waals surface area contributed by atoms with E-state index in [1.165, 1.54) is 12.1 Å². The van der Waals surface area contributed by atoms with Crippen molar-refractivity contribution in [2.24, 2.45) is 5.92 Å².